The van der Waals surface area contributed by atoms with Gasteiger partial charge in [-0.25, -0.2) is 0 Å². The fourth-order valence-electron chi connectivity index (χ4n) is 9.51. The first kappa shape index (κ1) is 18.0. The average Bonchev–Trinajstić information content (AvgIpc) is 3.08. The van der Waals surface area contributed by atoms with Crippen molar-refractivity contribution in [3.05, 3.63) is 0 Å². The number of hydrogen-bond donors (Lipinski definition) is 0. The largest absolute Gasteiger partial charge is 0.306 e. The van der Waals surface area contributed by atoms with Gasteiger partial charge in [-0.1, -0.05) is 6.92 Å². The third-order valence-electron chi connectivity index (χ3n) is 11.0. The van der Waals surface area contributed by atoms with E-state index in [-0.39, 0.29) is 0 Å². The van der Waals surface area contributed by atoms with Crippen molar-refractivity contribution in [1.82, 2.24) is 9.80 Å². The second kappa shape index (κ2) is 5.96. The van der Waals surface area contributed by atoms with E-state index < -0.39 is 0 Å². The van der Waals surface area contributed by atoms with Crippen LogP contribution in [0.1, 0.15) is 71.6 Å². The molecule has 0 aromatic rings. The van der Waals surface area contributed by atoms with Gasteiger partial charge in [0.1, 0.15) is 0 Å². The molecule has 0 unspecified atom stereocenters. The van der Waals surface area contributed by atoms with Crippen molar-refractivity contribution < 1.29 is 0 Å². The SMILES string of the molecule is C[C@H]1[C@H]2CC[C@H]3[C@@H]4CC[C@@H]5C[C@H](N(C)C)CC[C@]5(C)[C@H]4CC[C@]23CN1C. The summed E-state index contributed by atoms with van der Waals surface area (Å²) >= 11 is 0. The van der Waals surface area contributed by atoms with E-state index >= 15 is 0 Å². The summed E-state index contributed by atoms with van der Waals surface area (Å²) in [6, 6.07) is 1.68. The van der Waals surface area contributed by atoms with Gasteiger partial charge < -0.3 is 9.80 Å². The van der Waals surface area contributed by atoms with Crippen LogP contribution in [0.2, 0.25) is 0 Å². The van der Waals surface area contributed by atoms with Gasteiger partial charge in [-0.05, 0) is 126 Å². The highest BCUT2D eigenvalue weighted by Gasteiger charge is 2.64. The summed E-state index contributed by atoms with van der Waals surface area (Å²) in [6.45, 7) is 6.67. The molecule has 5 aliphatic rings. The number of likely N-dealkylation sites (tertiary alicyclic amines) is 1. The van der Waals surface area contributed by atoms with Gasteiger partial charge in [-0.2, -0.15) is 0 Å². The Morgan fingerprint density at radius 1 is 0.885 bits per heavy atom. The quantitative estimate of drug-likeness (QED) is 0.658. The Hall–Kier alpha value is -0.0800. The monoisotopic (exact) mass is 358 g/mol. The zero-order chi connectivity index (χ0) is 18.3. The minimum absolute atomic E-state index is 0.658. The van der Waals surface area contributed by atoms with Gasteiger partial charge in [0.2, 0.25) is 0 Å². The summed E-state index contributed by atoms with van der Waals surface area (Å²) in [7, 11) is 7.02. The molecule has 0 N–H and O–H groups in total. The number of hydrogen-bond acceptors (Lipinski definition) is 2. The third-order valence-corrected chi connectivity index (χ3v) is 11.0. The minimum Gasteiger partial charge on any atom is -0.306 e. The molecule has 1 spiro atoms. The van der Waals surface area contributed by atoms with Crippen molar-refractivity contribution in [3.63, 3.8) is 0 Å². The summed E-state index contributed by atoms with van der Waals surface area (Å²) in [6.07, 6.45) is 13.7. The van der Waals surface area contributed by atoms with E-state index in [0.717, 1.165) is 41.7 Å². The van der Waals surface area contributed by atoms with Crippen LogP contribution in [0.5, 0.6) is 0 Å². The Labute approximate surface area is 162 Å². The molecule has 5 rings (SSSR count). The second-order valence-corrected chi connectivity index (χ2v) is 11.7. The first-order chi connectivity index (χ1) is 12.4. The Balaban J connectivity index is 1.41. The fraction of sp³-hybridized carbons (Fsp3) is 1.00. The van der Waals surface area contributed by atoms with Crippen molar-refractivity contribution in [2.75, 3.05) is 27.7 Å². The molecule has 148 valence electrons. The smallest absolute Gasteiger partial charge is 0.00982 e. The summed E-state index contributed by atoms with van der Waals surface area (Å²) < 4.78 is 0. The Morgan fingerprint density at radius 2 is 1.65 bits per heavy atom. The van der Waals surface area contributed by atoms with E-state index in [2.05, 4.69) is 44.8 Å². The number of rotatable bonds is 1. The van der Waals surface area contributed by atoms with Crippen molar-refractivity contribution >= 4 is 0 Å². The standard InChI is InChI=1S/C24H42N2/c1-16-20-8-9-22-19-7-6-17-14-18(25(3)4)10-12-23(17,2)21(19)11-13-24(20,22)15-26(16)5/h16-22H,6-15H2,1-5H3/t16-,17+,18+,19+,20+,21-,22-,23-,24-/m0/s1. The van der Waals surface area contributed by atoms with E-state index in [4.69, 9.17) is 0 Å². The molecule has 0 amide bonds. The fourth-order valence-corrected chi connectivity index (χ4v) is 9.51. The average molecular weight is 359 g/mol. The summed E-state index contributed by atoms with van der Waals surface area (Å²) in [5.41, 5.74) is 1.37. The molecule has 2 nitrogen and oxygen atoms in total. The lowest BCUT2D eigenvalue weighted by atomic mass is 9.44. The molecule has 0 radical (unpaired) electrons. The summed E-state index contributed by atoms with van der Waals surface area (Å²) in [5, 5.41) is 0. The number of fused-ring (bicyclic) bond motifs is 4. The maximum Gasteiger partial charge on any atom is 0.00982 e. The van der Waals surface area contributed by atoms with Crippen molar-refractivity contribution in [1.29, 1.82) is 0 Å². The van der Waals surface area contributed by atoms with Gasteiger partial charge >= 0.3 is 0 Å². The highest BCUT2D eigenvalue weighted by Crippen LogP contribution is 2.69. The topological polar surface area (TPSA) is 6.48 Å². The van der Waals surface area contributed by atoms with E-state index in [1.807, 2.05) is 0 Å². The van der Waals surface area contributed by atoms with Crippen LogP contribution in [0.25, 0.3) is 0 Å². The molecule has 0 bridgehead atoms. The molecule has 0 aromatic carbocycles. The predicted octanol–water partition coefficient (Wildman–Crippen LogP) is 4.89. The van der Waals surface area contributed by atoms with Gasteiger partial charge in [0.25, 0.3) is 0 Å². The summed E-state index contributed by atoms with van der Waals surface area (Å²) in [4.78, 5) is 5.23. The van der Waals surface area contributed by atoms with E-state index in [0.29, 0.717) is 10.8 Å². The maximum absolute atomic E-state index is 2.73. The normalized spacial score (nSPS) is 56.8. The molecule has 9 atom stereocenters. The van der Waals surface area contributed by atoms with Crippen LogP contribution in [0.15, 0.2) is 0 Å². The van der Waals surface area contributed by atoms with Crippen LogP contribution in [0.4, 0.5) is 0 Å². The van der Waals surface area contributed by atoms with Crippen LogP contribution in [-0.4, -0.2) is 49.6 Å². The molecular formula is C24H42N2. The van der Waals surface area contributed by atoms with Crippen molar-refractivity contribution in [3.8, 4) is 0 Å². The van der Waals surface area contributed by atoms with Crippen molar-refractivity contribution in [2.24, 2.45) is 40.4 Å². The highest BCUT2D eigenvalue weighted by atomic mass is 15.2. The van der Waals surface area contributed by atoms with E-state index in [1.54, 1.807) is 25.7 Å². The third kappa shape index (κ3) is 2.24. The molecule has 2 heteroatoms. The Morgan fingerprint density at radius 3 is 2.42 bits per heavy atom. The molecule has 0 aromatic heterocycles. The molecule has 1 heterocycles. The lowest BCUT2D eigenvalue weighted by Gasteiger charge is -2.61. The van der Waals surface area contributed by atoms with Gasteiger partial charge in [0.15, 0.2) is 0 Å². The molecule has 1 saturated heterocycles. The van der Waals surface area contributed by atoms with Crippen LogP contribution in [0.3, 0.4) is 0 Å². The minimum atomic E-state index is 0.658. The molecule has 4 aliphatic carbocycles. The maximum atomic E-state index is 2.73. The van der Waals surface area contributed by atoms with Crippen LogP contribution < -0.4 is 0 Å². The van der Waals surface area contributed by atoms with Gasteiger partial charge in [-0.3, -0.25) is 0 Å². The highest BCUT2D eigenvalue weighted by molar-refractivity contribution is 5.15. The van der Waals surface area contributed by atoms with Crippen LogP contribution in [0, 0.1) is 40.4 Å². The summed E-state index contributed by atoms with van der Waals surface area (Å²) in [5.74, 6) is 5.17. The predicted molar refractivity (Wildman–Crippen MR) is 109 cm³/mol. The molecular weight excluding hydrogens is 316 g/mol. The molecule has 26 heavy (non-hydrogen) atoms. The van der Waals surface area contributed by atoms with Gasteiger partial charge in [-0.15, -0.1) is 0 Å². The second-order valence-electron chi connectivity index (χ2n) is 11.7. The van der Waals surface area contributed by atoms with Crippen LogP contribution in [-0.2, 0) is 0 Å². The Bertz CT molecular complexity index is 558. The lowest BCUT2D eigenvalue weighted by Crippen LogP contribution is -2.55. The Kier molecular flexibility index (Phi) is 4.12. The van der Waals surface area contributed by atoms with Crippen molar-refractivity contribution in [2.45, 2.75) is 83.7 Å². The van der Waals surface area contributed by atoms with Gasteiger partial charge in [0, 0.05) is 18.6 Å². The zero-order valence-electron chi connectivity index (χ0n) is 18.0. The van der Waals surface area contributed by atoms with E-state index in [1.165, 1.54) is 38.6 Å². The van der Waals surface area contributed by atoms with E-state index in [9.17, 15) is 0 Å². The first-order valence-corrected chi connectivity index (χ1v) is 11.7. The molecule has 4 saturated carbocycles. The zero-order valence-corrected chi connectivity index (χ0v) is 18.0. The van der Waals surface area contributed by atoms with Gasteiger partial charge in [0.05, 0.1) is 0 Å². The lowest BCUT2D eigenvalue weighted by molar-refractivity contribution is -0.118. The molecule has 1 aliphatic heterocycles. The molecule has 5 fully saturated rings. The first-order valence-electron chi connectivity index (χ1n) is 11.7. The van der Waals surface area contributed by atoms with Crippen LogP contribution >= 0.6 is 0 Å². The number of nitrogens with zero attached hydrogens (tertiary/aromatic N) is 2.